The van der Waals surface area contributed by atoms with Crippen molar-refractivity contribution in [1.82, 2.24) is 5.32 Å². The van der Waals surface area contributed by atoms with Crippen molar-refractivity contribution in [3.05, 3.63) is 29.3 Å². The first-order valence-electron chi connectivity index (χ1n) is 9.79. The van der Waals surface area contributed by atoms with Crippen LogP contribution in [0.5, 0.6) is 0 Å². The molecule has 1 aliphatic rings. The van der Waals surface area contributed by atoms with E-state index in [9.17, 15) is 9.59 Å². The number of unbranched alkanes of at least 4 members (excludes halogenated alkanes) is 1. The average molecular weight is 363 g/mol. The summed E-state index contributed by atoms with van der Waals surface area (Å²) in [7, 11) is 0. The van der Waals surface area contributed by atoms with Crippen LogP contribution in [-0.2, 0) is 9.59 Å². The zero-order valence-corrected chi connectivity index (χ0v) is 16.4. The minimum atomic E-state index is 0.0677. The van der Waals surface area contributed by atoms with Gasteiger partial charge in [-0.25, -0.2) is 0 Å². The summed E-state index contributed by atoms with van der Waals surface area (Å²) in [5, 5.41) is 6.05. The number of para-hydroxylation sites is 1. The average Bonchev–Trinajstić information content (AvgIpc) is 2.60. The highest BCUT2D eigenvalue weighted by atomic mass is 16.2. The first-order chi connectivity index (χ1) is 12.5. The predicted molar refractivity (Wildman–Crippen MR) is 104 cm³/mol. The largest absolute Gasteiger partial charge is 0.351 e. The van der Waals surface area contributed by atoms with Crippen molar-refractivity contribution in [2.75, 3.05) is 51.1 Å². The summed E-state index contributed by atoms with van der Waals surface area (Å²) in [5.41, 5.74) is 3.12. The van der Waals surface area contributed by atoms with Crippen molar-refractivity contribution in [3.8, 4) is 0 Å². The Hall–Kier alpha value is -1.92. The van der Waals surface area contributed by atoms with E-state index in [1.165, 1.54) is 9.80 Å². The van der Waals surface area contributed by atoms with Crippen molar-refractivity contribution in [2.24, 2.45) is 0 Å². The Balaban J connectivity index is 1.71. The number of aryl methyl sites for hydroxylation is 2. The van der Waals surface area contributed by atoms with Crippen molar-refractivity contribution in [2.45, 2.75) is 33.6 Å². The highest BCUT2D eigenvalue weighted by Crippen LogP contribution is 2.18. The van der Waals surface area contributed by atoms with Gasteiger partial charge in [0.2, 0.25) is 0 Å². The Kier molecular flexibility index (Phi) is 8.06. The number of benzene rings is 1. The molecule has 2 rings (SSSR count). The molecule has 1 aliphatic heterocycles. The molecule has 1 aromatic rings. The van der Waals surface area contributed by atoms with Gasteiger partial charge in [0.15, 0.2) is 13.1 Å². The Morgan fingerprint density at radius 1 is 0.962 bits per heavy atom. The molecule has 1 fully saturated rings. The lowest BCUT2D eigenvalue weighted by atomic mass is 10.1. The zero-order valence-electron chi connectivity index (χ0n) is 16.4. The summed E-state index contributed by atoms with van der Waals surface area (Å²) in [5.74, 6) is 0.211. The van der Waals surface area contributed by atoms with E-state index in [4.69, 9.17) is 0 Å². The Bertz CT molecular complexity index is 590. The lowest BCUT2D eigenvalue weighted by molar-refractivity contribution is -1.00. The Labute approximate surface area is 156 Å². The van der Waals surface area contributed by atoms with E-state index in [-0.39, 0.29) is 11.8 Å². The standard InChI is InChI=1S/C20H32N4O2/c1-4-5-9-21-18(25)14-23-10-12-24(13-11-23)15-19(26)22-20-16(2)7-6-8-17(20)3/h6-8H,4-5,9-15H2,1-3H3,(H,21,25)(H,22,26)/p+2. The molecule has 4 N–H and O–H groups in total. The van der Waals surface area contributed by atoms with E-state index in [0.717, 1.165) is 62.4 Å². The van der Waals surface area contributed by atoms with Gasteiger partial charge in [0.1, 0.15) is 26.2 Å². The molecule has 26 heavy (non-hydrogen) atoms. The van der Waals surface area contributed by atoms with Gasteiger partial charge >= 0.3 is 0 Å². The third-order valence-corrected chi connectivity index (χ3v) is 5.08. The predicted octanol–water partition coefficient (Wildman–Crippen LogP) is -1.06. The number of rotatable bonds is 8. The molecule has 0 aromatic heterocycles. The molecule has 1 saturated heterocycles. The van der Waals surface area contributed by atoms with Gasteiger partial charge in [0.25, 0.3) is 11.8 Å². The number of hydrogen-bond donors (Lipinski definition) is 4. The molecule has 0 aliphatic carbocycles. The minimum absolute atomic E-state index is 0.0677. The third-order valence-electron chi connectivity index (χ3n) is 5.08. The van der Waals surface area contributed by atoms with E-state index in [2.05, 4.69) is 17.6 Å². The highest BCUT2D eigenvalue weighted by molar-refractivity contribution is 5.93. The van der Waals surface area contributed by atoms with Crippen molar-refractivity contribution in [3.63, 3.8) is 0 Å². The summed E-state index contributed by atoms with van der Waals surface area (Å²) in [6.45, 7) is 11.7. The smallest absolute Gasteiger partial charge is 0.279 e. The van der Waals surface area contributed by atoms with Crippen LogP contribution in [0, 0.1) is 13.8 Å². The number of nitrogens with one attached hydrogen (secondary N) is 4. The molecule has 0 radical (unpaired) electrons. The third kappa shape index (κ3) is 6.42. The van der Waals surface area contributed by atoms with Crippen LogP contribution in [0.2, 0.25) is 0 Å². The van der Waals surface area contributed by atoms with Crippen molar-refractivity contribution >= 4 is 17.5 Å². The van der Waals surface area contributed by atoms with Gasteiger partial charge in [-0.1, -0.05) is 31.5 Å². The number of amides is 2. The van der Waals surface area contributed by atoms with Crippen LogP contribution < -0.4 is 20.4 Å². The van der Waals surface area contributed by atoms with E-state index >= 15 is 0 Å². The van der Waals surface area contributed by atoms with Crippen LogP contribution in [0.15, 0.2) is 18.2 Å². The van der Waals surface area contributed by atoms with Gasteiger partial charge in [-0.15, -0.1) is 0 Å². The topological polar surface area (TPSA) is 67.1 Å². The van der Waals surface area contributed by atoms with E-state index in [1.807, 2.05) is 32.0 Å². The number of carbonyl (C=O) groups excluding carboxylic acids is 2. The molecular formula is C20H34N4O2+2. The van der Waals surface area contributed by atoms with Crippen LogP contribution in [0.3, 0.4) is 0 Å². The Morgan fingerprint density at radius 2 is 1.50 bits per heavy atom. The molecule has 1 heterocycles. The number of piperazine rings is 1. The quantitative estimate of drug-likeness (QED) is 0.446. The maximum absolute atomic E-state index is 12.4. The van der Waals surface area contributed by atoms with E-state index < -0.39 is 0 Å². The lowest BCUT2D eigenvalue weighted by Crippen LogP contribution is -3.28. The van der Waals surface area contributed by atoms with Crippen LogP contribution in [-0.4, -0.2) is 57.6 Å². The summed E-state index contributed by atoms with van der Waals surface area (Å²) in [6, 6.07) is 6.04. The normalized spacial score (nSPS) is 19.8. The van der Waals surface area contributed by atoms with Gasteiger partial charge in [0, 0.05) is 12.2 Å². The molecule has 6 heteroatoms. The fraction of sp³-hybridized carbons (Fsp3) is 0.600. The molecule has 6 nitrogen and oxygen atoms in total. The number of carbonyl (C=O) groups is 2. The molecule has 0 atom stereocenters. The lowest BCUT2D eigenvalue weighted by Gasteiger charge is -2.29. The summed E-state index contributed by atoms with van der Waals surface area (Å²) < 4.78 is 0. The number of anilines is 1. The van der Waals surface area contributed by atoms with Crippen LogP contribution >= 0.6 is 0 Å². The summed E-state index contributed by atoms with van der Waals surface area (Å²) >= 11 is 0. The first-order valence-corrected chi connectivity index (χ1v) is 9.79. The number of quaternary nitrogens is 2. The number of hydrogen-bond acceptors (Lipinski definition) is 2. The molecule has 0 spiro atoms. The van der Waals surface area contributed by atoms with E-state index in [0.29, 0.717) is 13.1 Å². The van der Waals surface area contributed by atoms with Gasteiger partial charge in [-0.3, -0.25) is 9.59 Å². The van der Waals surface area contributed by atoms with Crippen molar-refractivity contribution in [1.29, 1.82) is 0 Å². The molecule has 2 amide bonds. The second kappa shape index (κ2) is 10.3. The van der Waals surface area contributed by atoms with Gasteiger partial charge in [-0.2, -0.15) is 0 Å². The Morgan fingerprint density at radius 3 is 2.04 bits per heavy atom. The zero-order chi connectivity index (χ0) is 18.9. The van der Waals surface area contributed by atoms with Gasteiger partial charge < -0.3 is 20.4 Å². The molecule has 1 aromatic carbocycles. The molecule has 0 saturated carbocycles. The molecular weight excluding hydrogens is 328 g/mol. The van der Waals surface area contributed by atoms with E-state index in [1.54, 1.807) is 0 Å². The fourth-order valence-corrected chi connectivity index (χ4v) is 3.43. The monoisotopic (exact) mass is 362 g/mol. The second-order valence-corrected chi connectivity index (χ2v) is 7.37. The highest BCUT2D eigenvalue weighted by Gasteiger charge is 2.26. The SMILES string of the molecule is CCCCNC(=O)C[NH+]1CC[NH+](CC(=O)Nc2c(C)cccc2C)CC1. The maximum atomic E-state index is 12.4. The second-order valence-electron chi connectivity index (χ2n) is 7.37. The fourth-order valence-electron chi connectivity index (χ4n) is 3.43. The summed E-state index contributed by atoms with van der Waals surface area (Å²) in [4.78, 5) is 26.9. The molecule has 144 valence electrons. The first kappa shape index (κ1) is 20.4. The van der Waals surface area contributed by atoms with Crippen molar-refractivity contribution < 1.29 is 19.4 Å². The molecule has 0 unspecified atom stereocenters. The van der Waals surface area contributed by atoms with Gasteiger partial charge in [-0.05, 0) is 31.4 Å². The minimum Gasteiger partial charge on any atom is -0.351 e. The van der Waals surface area contributed by atoms with Crippen LogP contribution in [0.4, 0.5) is 5.69 Å². The summed E-state index contributed by atoms with van der Waals surface area (Å²) in [6.07, 6.45) is 2.13. The van der Waals surface area contributed by atoms with Crippen LogP contribution in [0.1, 0.15) is 30.9 Å². The van der Waals surface area contributed by atoms with Gasteiger partial charge in [0.05, 0.1) is 0 Å². The molecule has 0 bridgehead atoms. The van der Waals surface area contributed by atoms with Crippen LogP contribution in [0.25, 0.3) is 0 Å². The maximum Gasteiger partial charge on any atom is 0.279 e.